The lowest BCUT2D eigenvalue weighted by molar-refractivity contribution is 0.0770. The molecule has 5 nitrogen and oxygen atoms in total. The van der Waals surface area contributed by atoms with Gasteiger partial charge in [-0.1, -0.05) is 0 Å². The van der Waals surface area contributed by atoms with Crippen LogP contribution in [0.2, 0.25) is 0 Å². The number of hydrogen-bond acceptors (Lipinski definition) is 5. The van der Waals surface area contributed by atoms with E-state index in [9.17, 15) is 9.90 Å². The third kappa shape index (κ3) is 2.06. The van der Waals surface area contributed by atoms with E-state index in [4.69, 9.17) is 5.73 Å². The van der Waals surface area contributed by atoms with Crippen LogP contribution in [0.5, 0.6) is 0 Å². The number of carbonyl (C=O) groups is 1. The van der Waals surface area contributed by atoms with Crippen LogP contribution in [0.4, 0.5) is 5.69 Å². The lowest BCUT2D eigenvalue weighted by Gasteiger charge is -2.14. The molecule has 1 unspecified atom stereocenters. The molecule has 1 atom stereocenters. The fourth-order valence-corrected chi connectivity index (χ4v) is 3.43. The van der Waals surface area contributed by atoms with Gasteiger partial charge in [-0.3, -0.25) is 4.79 Å². The normalized spacial score (nSPS) is 19.3. The summed E-state index contributed by atoms with van der Waals surface area (Å²) in [4.78, 5) is 19.8. The topological polar surface area (TPSA) is 79.5 Å². The molecule has 0 aliphatic carbocycles. The molecule has 0 bridgehead atoms. The van der Waals surface area contributed by atoms with Crippen molar-refractivity contribution >= 4 is 33.1 Å². The minimum atomic E-state index is -0.417. The Morgan fingerprint density at radius 1 is 1.58 bits per heavy atom. The Morgan fingerprint density at radius 3 is 3.05 bits per heavy atom. The Hall–Kier alpha value is -1.66. The van der Waals surface area contributed by atoms with Gasteiger partial charge in [0.25, 0.3) is 5.91 Å². The number of nitrogens with two attached hydrogens (primary N) is 1. The number of anilines is 1. The Kier molecular flexibility index (Phi) is 2.91. The Bertz CT molecular complexity index is 653. The summed E-state index contributed by atoms with van der Waals surface area (Å²) < 4.78 is 0. The van der Waals surface area contributed by atoms with Gasteiger partial charge in [-0.25, -0.2) is 4.98 Å². The number of nitrogen functional groups attached to an aromatic ring is 1. The Balaban J connectivity index is 2.00. The standard InChI is InChI=1S/C13H15N3O2S/c1-7-2-3-9-10(14)11(19-12(9)15-7)13(18)16-5-4-8(17)6-16/h2-3,8,17H,4-6,14H2,1H3. The number of aliphatic hydroxyl groups excluding tert-OH is 1. The highest BCUT2D eigenvalue weighted by molar-refractivity contribution is 7.21. The average molecular weight is 277 g/mol. The maximum absolute atomic E-state index is 12.4. The summed E-state index contributed by atoms with van der Waals surface area (Å²) in [5.74, 6) is -0.102. The summed E-state index contributed by atoms with van der Waals surface area (Å²) >= 11 is 1.33. The Morgan fingerprint density at radius 2 is 2.37 bits per heavy atom. The largest absolute Gasteiger partial charge is 0.397 e. The molecule has 1 aliphatic rings. The van der Waals surface area contributed by atoms with Crippen molar-refractivity contribution in [1.82, 2.24) is 9.88 Å². The molecular weight excluding hydrogens is 262 g/mol. The number of thiophene rings is 1. The number of aliphatic hydroxyl groups is 1. The number of pyridine rings is 1. The van der Waals surface area contributed by atoms with E-state index < -0.39 is 6.10 Å². The minimum Gasteiger partial charge on any atom is -0.397 e. The van der Waals surface area contributed by atoms with Crippen LogP contribution in [0, 0.1) is 6.92 Å². The van der Waals surface area contributed by atoms with E-state index in [-0.39, 0.29) is 5.91 Å². The van der Waals surface area contributed by atoms with E-state index in [1.165, 1.54) is 11.3 Å². The molecular formula is C13H15N3O2S. The van der Waals surface area contributed by atoms with Gasteiger partial charge in [0.05, 0.1) is 11.8 Å². The molecule has 3 rings (SSSR count). The summed E-state index contributed by atoms with van der Waals surface area (Å²) in [6.07, 6.45) is 0.216. The summed E-state index contributed by atoms with van der Waals surface area (Å²) in [6.45, 7) is 2.88. The average Bonchev–Trinajstić information content (AvgIpc) is 2.93. The SMILES string of the molecule is Cc1ccc2c(N)c(C(=O)N3CCC(O)C3)sc2n1. The van der Waals surface area contributed by atoms with E-state index in [1.807, 2.05) is 19.1 Å². The lowest BCUT2D eigenvalue weighted by Crippen LogP contribution is -2.29. The second-order valence-corrected chi connectivity index (χ2v) is 5.84. The molecule has 2 aromatic rings. The number of fused-ring (bicyclic) bond motifs is 1. The number of β-amino-alcohol motifs (C(OH)–C–C–N with tert-alkyl or cyclic N) is 1. The van der Waals surface area contributed by atoms with Crippen molar-refractivity contribution in [2.75, 3.05) is 18.8 Å². The Labute approximate surface area is 114 Å². The van der Waals surface area contributed by atoms with Gasteiger partial charge in [0.2, 0.25) is 0 Å². The van der Waals surface area contributed by atoms with Gasteiger partial charge >= 0.3 is 0 Å². The van der Waals surface area contributed by atoms with Crippen LogP contribution < -0.4 is 5.73 Å². The van der Waals surface area contributed by atoms with Gasteiger partial charge < -0.3 is 15.7 Å². The summed E-state index contributed by atoms with van der Waals surface area (Å²) in [5, 5.41) is 10.3. The zero-order chi connectivity index (χ0) is 13.6. The molecule has 3 N–H and O–H groups in total. The van der Waals surface area contributed by atoms with Crippen molar-refractivity contribution in [3.8, 4) is 0 Å². The van der Waals surface area contributed by atoms with E-state index in [2.05, 4.69) is 4.98 Å². The van der Waals surface area contributed by atoms with Crippen LogP contribution in [0.25, 0.3) is 10.2 Å². The van der Waals surface area contributed by atoms with Gasteiger partial charge in [-0.2, -0.15) is 0 Å². The zero-order valence-corrected chi connectivity index (χ0v) is 11.4. The molecule has 100 valence electrons. The third-order valence-electron chi connectivity index (χ3n) is 3.38. The number of nitrogens with zero attached hydrogens (tertiary/aromatic N) is 2. The van der Waals surface area contributed by atoms with Crippen LogP contribution in [0.3, 0.4) is 0 Å². The first-order valence-electron chi connectivity index (χ1n) is 6.19. The van der Waals surface area contributed by atoms with Crippen LogP contribution in [0.15, 0.2) is 12.1 Å². The summed E-state index contributed by atoms with van der Waals surface area (Å²) in [7, 11) is 0. The van der Waals surface area contributed by atoms with Crippen molar-refractivity contribution in [3.63, 3.8) is 0 Å². The highest BCUT2D eigenvalue weighted by atomic mass is 32.1. The second kappa shape index (κ2) is 4.47. The number of aryl methyl sites for hydroxylation is 1. The smallest absolute Gasteiger partial charge is 0.266 e. The second-order valence-electron chi connectivity index (χ2n) is 4.84. The lowest BCUT2D eigenvalue weighted by atomic mass is 10.2. The molecule has 0 spiro atoms. The van der Waals surface area contributed by atoms with Crippen LogP contribution in [-0.4, -0.2) is 40.1 Å². The van der Waals surface area contributed by atoms with Crippen LogP contribution >= 0.6 is 11.3 Å². The zero-order valence-electron chi connectivity index (χ0n) is 10.6. The molecule has 6 heteroatoms. The van der Waals surface area contributed by atoms with E-state index >= 15 is 0 Å². The first-order chi connectivity index (χ1) is 9.06. The van der Waals surface area contributed by atoms with Gasteiger partial charge in [0.1, 0.15) is 9.71 Å². The minimum absolute atomic E-state index is 0.102. The number of rotatable bonds is 1. The molecule has 0 saturated carbocycles. The maximum Gasteiger partial charge on any atom is 0.266 e. The van der Waals surface area contributed by atoms with Crippen molar-refractivity contribution < 1.29 is 9.90 Å². The quantitative estimate of drug-likeness (QED) is 0.825. The van der Waals surface area contributed by atoms with Gasteiger partial charge in [0.15, 0.2) is 0 Å². The van der Waals surface area contributed by atoms with E-state index in [1.54, 1.807) is 4.90 Å². The van der Waals surface area contributed by atoms with Crippen molar-refractivity contribution in [3.05, 3.63) is 22.7 Å². The number of aromatic nitrogens is 1. The molecule has 3 heterocycles. The predicted octanol–water partition coefficient (Wildman–Crippen LogP) is 1.39. The fraction of sp³-hybridized carbons (Fsp3) is 0.385. The highest BCUT2D eigenvalue weighted by Crippen LogP contribution is 2.33. The number of hydrogen-bond donors (Lipinski definition) is 2. The molecule has 0 radical (unpaired) electrons. The first kappa shape index (κ1) is 12.4. The molecule has 19 heavy (non-hydrogen) atoms. The third-order valence-corrected chi connectivity index (χ3v) is 4.48. The van der Waals surface area contributed by atoms with Gasteiger partial charge in [0, 0.05) is 24.2 Å². The first-order valence-corrected chi connectivity index (χ1v) is 7.01. The highest BCUT2D eigenvalue weighted by Gasteiger charge is 2.28. The summed E-state index contributed by atoms with van der Waals surface area (Å²) in [5.41, 5.74) is 7.46. The molecule has 1 amide bonds. The monoisotopic (exact) mass is 277 g/mol. The summed E-state index contributed by atoms with van der Waals surface area (Å²) in [6, 6.07) is 3.79. The predicted molar refractivity (Wildman–Crippen MR) is 75.3 cm³/mol. The maximum atomic E-state index is 12.4. The fourth-order valence-electron chi connectivity index (χ4n) is 2.32. The molecule has 1 fully saturated rings. The molecule has 1 aliphatic heterocycles. The molecule has 2 aromatic heterocycles. The van der Waals surface area contributed by atoms with Gasteiger partial charge in [-0.15, -0.1) is 11.3 Å². The van der Waals surface area contributed by atoms with Crippen molar-refractivity contribution in [2.45, 2.75) is 19.4 Å². The number of carbonyl (C=O) groups excluding carboxylic acids is 1. The van der Waals surface area contributed by atoms with Crippen LogP contribution in [0.1, 0.15) is 21.8 Å². The van der Waals surface area contributed by atoms with Crippen molar-refractivity contribution in [1.29, 1.82) is 0 Å². The van der Waals surface area contributed by atoms with Crippen LogP contribution in [-0.2, 0) is 0 Å². The molecule has 1 saturated heterocycles. The van der Waals surface area contributed by atoms with Crippen molar-refractivity contribution in [2.24, 2.45) is 0 Å². The van der Waals surface area contributed by atoms with Gasteiger partial charge in [-0.05, 0) is 25.5 Å². The molecule has 0 aromatic carbocycles. The number of amides is 1. The van der Waals surface area contributed by atoms with E-state index in [0.717, 1.165) is 15.9 Å². The van der Waals surface area contributed by atoms with E-state index in [0.29, 0.717) is 30.1 Å². The number of likely N-dealkylation sites (tertiary alicyclic amines) is 1.